The van der Waals surface area contributed by atoms with Crippen LogP contribution in [0.15, 0.2) is 36.4 Å². The van der Waals surface area contributed by atoms with Gasteiger partial charge in [0.05, 0.1) is 0 Å². The van der Waals surface area contributed by atoms with Gasteiger partial charge < -0.3 is 15.5 Å². The van der Waals surface area contributed by atoms with E-state index in [0.717, 1.165) is 17.7 Å². The van der Waals surface area contributed by atoms with Crippen LogP contribution in [0, 0.1) is 11.6 Å². The third-order valence-corrected chi connectivity index (χ3v) is 5.36. The van der Waals surface area contributed by atoms with Crippen molar-refractivity contribution in [2.75, 3.05) is 23.7 Å². The molecule has 5 nitrogen and oxygen atoms in total. The zero-order valence-corrected chi connectivity index (χ0v) is 15.3. The second kappa shape index (κ2) is 7.58. The lowest BCUT2D eigenvalue weighted by Gasteiger charge is -2.33. The number of nitrogens with one attached hydrogen (secondary N) is 2. The molecule has 0 spiro atoms. The topological polar surface area (TPSA) is 61.4 Å². The predicted octanol–water partition coefficient (Wildman–Crippen LogP) is 4.26. The van der Waals surface area contributed by atoms with Gasteiger partial charge in [-0.15, -0.1) is 0 Å². The monoisotopic (exact) mass is 385 g/mol. The standard InChI is InChI=1S/C21H21F2N3O2/c22-15-5-7-18(23)17(10-15)14-2-1-9-26(12-14)21(28)24-16-6-3-13-4-8-20(27)25-19(13)11-16/h3,5-7,10-11,14H,1-2,4,8-9,12H2,(H,24,28)(H,25,27)/t14-/m1/s1. The van der Waals surface area contributed by atoms with Gasteiger partial charge in [0.2, 0.25) is 5.91 Å². The van der Waals surface area contributed by atoms with Crippen LogP contribution in [0.4, 0.5) is 25.0 Å². The highest BCUT2D eigenvalue weighted by Crippen LogP contribution is 2.30. The van der Waals surface area contributed by atoms with Crippen molar-refractivity contribution in [2.24, 2.45) is 0 Å². The lowest BCUT2D eigenvalue weighted by Crippen LogP contribution is -2.41. The first-order valence-electron chi connectivity index (χ1n) is 9.43. The van der Waals surface area contributed by atoms with Crippen molar-refractivity contribution in [1.82, 2.24) is 4.90 Å². The maximum Gasteiger partial charge on any atom is 0.321 e. The minimum Gasteiger partial charge on any atom is -0.326 e. The predicted molar refractivity (Wildman–Crippen MR) is 102 cm³/mol. The minimum atomic E-state index is -0.478. The number of likely N-dealkylation sites (tertiary alicyclic amines) is 1. The quantitative estimate of drug-likeness (QED) is 0.811. The van der Waals surface area contributed by atoms with E-state index in [2.05, 4.69) is 10.6 Å². The molecule has 0 aromatic heterocycles. The van der Waals surface area contributed by atoms with E-state index in [4.69, 9.17) is 0 Å². The van der Waals surface area contributed by atoms with Crippen molar-refractivity contribution < 1.29 is 18.4 Å². The highest BCUT2D eigenvalue weighted by atomic mass is 19.1. The number of rotatable bonds is 2. The molecular formula is C21H21F2N3O2. The summed E-state index contributed by atoms with van der Waals surface area (Å²) in [6.07, 6.45) is 2.57. The largest absolute Gasteiger partial charge is 0.326 e. The molecule has 0 bridgehead atoms. The van der Waals surface area contributed by atoms with Crippen LogP contribution in [-0.4, -0.2) is 29.9 Å². The van der Waals surface area contributed by atoms with Gasteiger partial charge in [-0.3, -0.25) is 4.79 Å². The summed E-state index contributed by atoms with van der Waals surface area (Å²) in [4.78, 5) is 25.9. The van der Waals surface area contributed by atoms with Crippen LogP contribution >= 0.6 is 0 Å². The summed E-state index contributed by atoms with van der Waals surface area (Å²) in [7, 11) is 0. The van der Waals surface area contributed by atoms with E-state index < -0.39 is 11.6 Å². The van der Waals surface area contributed by atoms with E-state index in [0.29, 0.717) is 55.7 Å². The van der Waals surface area contributed by atoms with Crippen LogP contribution in [0.1, 0.15) is 36.3 Å². The van der Waals surface area contributed by atoms with Gasteiger partial charge in [0.25, 0.3) is 0 Å². The first-order chi connectivity index (χ1) is 13.5. The number of anilines is 2. The fraction of sp³-hybridized carbons (Fsp3) is 0.333. The fourth-order valence-corrected chi connectivity index (χ4v) is 3.89. The van der Waals surface area contributed by atoms with Crippen LogP contribution in [0.3, 0.4) is 0 Å². The first-order valence-corrected chi connectivity index (χ1v) is 9.43. The Morgan fingerprint density at radius 1 is 1.14 bits per heavy atom. The lowest BCUT2D eigenvalue weighted by atomic mass is 9.90. The van der Waals surface area contributed by atoms with Gasteiger partial charge in [-0.05, 0) is 60.7 Å². The summed E-state index contributed by atoms with van der Waals surface area (Å²) in [6.45, 7) is 0.884. The van der Waals surface area contributed by atoms with Crippen LogP contribution in [0.2, 0.25) is 0 Å². The van der Waals surface area contributed by atoms with Crippen molar-refractivity contribution in [3.63, 3.8) is 0 Å². The molecule has 2 aliphatic rings. The molecule has 2 aromatic carbocycles. The Hall–Kier alpha value is -2.96. The van der Waals surface area contributed by atoms with Gasteiger partial charge in [-0.1, -0.05) is 6.07 Å². The highest BCUT2D eigenvalue weighted by molar-refractivity contribution is 5.96. The zero-order valence-electron chi connectivity index (χ0n) is 15.3. The molecule has 0 aliphatic carbocycles. The Morgan fingerprint density at radius 3 is 2.86 bits per heavy atom. The average molecular weight is 385 g/mol. The summed E-state index contributed by atoms with van der Waals surface area (Å²) in [5, 5.41) is 5.65. The second-order valence-electron chi connectivity index (χ2n) is 7.30. The minimum absolute atomic E-state index is 0.0352. The second-order valence-corrected chi connectivity index (χ2v) is 7.30. The molecule has 146 valence electrons. The SMILES string of the molecule is O=C1CCc2ccc(NC(=O)N3CCC[C@@H](c4cc(F)ccc4F)C3)cc2N1. The number of fused-ring (bicyclic) bond motifs is 1. The molecule has 4 rings (SSSR count). The van der Waals surface area contributed by atoms with Gasteiger partial charge in [0.1, 0.15) is 11.6 Å². The molecule has 3 amide bonds. The number of carbonyl (C=O) groups is 2. The molecule has 28 heavy (non-hydrogen) atoms. The molecule has 0 saturated carbocycles. The Morgan fingerprint density at radius 2 is 2.00 bits per heavy atom. The van der Waals surface area contributed by atoms with Crippen LogP contribution in [0.5, 0.6) is 0 Å². The smallest absolute Gasteiger partial charge is 0.321 e. The summed E-state index contributed by atoms with van der Waals surface area (Å²) in [5.41, 5.74) is 2.66. The third-order valence-electron chi connectivity index (χ3n) is 5.36. The highest BCUT2D eigenvalue weighted by Gasteiger charge is 2.27. The summed E-state index contributed by atoms with van der Waals surface area (Å²) in [5.74, 6) is -1.20. The van der Waals surface area contributed by atoms with Gasteiger partial charge >= 0.3 is 6.03 Å². The number of urea groups is 1. The van der Waals surface area contributed by atoms with Crippen LogP contribution in [-0.2, 0) is 11.2 Å². The maximum absolute atomic E-state index is 14.1. The van der Waals surface area contributed by atoms with Crippen LogP contribution < -0.4 is 10.6 Å². The average Bonchev–Trinajstić information content (AvgIpc) is 2.69. The summed E-state index contributed by atoms with van der Waals surface area (Å²) >= 11 is 0. The number of benzene rings is 2. The number of halogens is 2. The Balaban J connectivity index is 1.45. The maximum atomic E-state index is 14.1. The summed E-state index contributed by atoms with van der Waals surface area (Å²) in [6, 6.07) is 8.61. The molecule has 7 heteroatoms. The number of hydrogen-bond acceptors (Lipinski definition) is 2. The molecule has 1 saturated heterocycles. The molecule has 2 aromatic rings. The van der Waals surface area contributed by atoms with E-state index in [9.17, 15) is 18.4 Å². The normalized spacial score (nSPS) is 19.0. The zero-order chi connectivity index (χ0) is 19.7. The van der Waals surface area contributed by atoms with E-state index in [1.807, 2.05) is 12.1 Å². The number of aryl methyl sites for hydroxylation is 1. The third kappa shape index (κ3) is 3.83. The Labute approximate surface area is 161 Å². The fourth-order valence-electron chi connectivity index (χ4n) is 3.89. The first kappa shape index (κ1) is 18.4. The van der Waals surface area contributed by atoms with Gasteiger partial charge in [-0.2, -0.15) is 0 Å². The van der Waals surface area contributed by atoms with Crippen molar-refractivity contribution in [1.29, 1.82) is 0 Å². The van der Waals surface area contributed by atoms with E-state index >= 15 is 0 Å². The van der Waals surface area contributed by atoms with Gasteiger partial charge in [0.15, 0.2) is 0 Å². The lowest BCUT2D eigenvalue weighted by molar-refractivity contribution is -0.116. The van der Waals surface area contributed by atoms with Crippen molar-refractivity contribution in [3.05, 3.63) is 59.2 Å². The van der Waals surface area contributed by atoms with Crippen molar-refractivity contribution in [2.45, 2.75) is 31.6 Å². The number of piperidine rings is 1. The number of carbonyl (C=O) groups excluding carboxylic acids is 2. The molecular weight excluding hydrogens is 364 g/mol. The van der Waals surface area contributed by atoms with Gasteiger partial charge in [-0.25, -0.2) is 13.6 Å². The number of nitrogens with zero attached hydrogens (tertiary/aromatic N) is 1. The van der Waals surface area contributed by atoms with Crippen LogP contribution in [0.25, 0.3) is 0 Å². The number of amides is 3. The molecule has 1 atom stereocenters. The molecule has 1 fully saturated rings. The Bertz CT molecular complexity index is 932. The molecule has 2 heterocycles. The van der Waals surface area contributed by atoms with E-state index in [1.165, 1.54) is 6.07 Å². The molecule has 0 unspecified atom stereocenters. The number of hydrogen-bond donors (Lipinski definition) is 2. The summed E-state index contributed by atoms with van der Waals surface area (Å²) < 4.78 is 27.6. The van der Waals surface area contributed by atoms with Gasteiger partial charge in [0, 0.05) is 36.8 Å². The Kier molecular flexibility index (Phi) is 4.98. The molecule has 2 N–H and O–H groups in total. The van der Waals surface area contributed by atoms with Crippen molar-refractivity contribution >= 4 is 23.3 Å². The van der Waals surface area contributed by atoms with E-state index in [1.54, 1.807) is 11.0 Å². The molecule has 2 aliphatic heterocycles. The van der Waals surface area contributed by atoms with E-state index in [-0.39, 0.29) is 17.9 Å². The van der Waals surface area contributed by atoms with Crippen molar-refractivity contribution in [3.8, 4) is 0 Å². The molecule has 0 radical (unpaired) electrons.